The third kappa shape index (κ3) is 2.22. The number of rotatable bonds is 4. The van der Waals surface area contributed by atoms with E-state index in [0.717, 1.165) is 35.7 Å². The standard InChI is InChI=1S/C17H25N3/c18-9-12-1-2-16(19-10-12)20-11-17-6-13-3-14(7-17)5-15(4-13)8-17/h1-2,10,13-15H,3-9,11,18H2,(H,19,20). The minimum absolute atomic E-state index is 0.572. The molecule has 4 aliphatic carbocycles. The third-order valence-electron chi connectivity index (χ3n) is 5.87. The predicted octanol–water partition coefficient (Wildman–Crippen LogP) is 3.17. The maximum absolute atomic E-state index is 5.62. The predicted molar refractivity (Wildman–Crippen MR) is 81.2 cm³/mol. The molecule has 0 amide bonds. The van der Waals surface area contributed by atoms with Crippen LogP contribution in [0.3, 0.4) is 0 Å². The van der Waals surface area contributed by atoms with Gasteiger partial charge in [-0.15, -0.1) is 0 Å². The molecule has 1 aromatic rings. The summed E-state index contributed by atoms with van der Waals surface area (Å²) in [5.41, 5.74) is 7.29. The summed E-state index contributed by atoms with van der Waals surface area (Å²) in [6.07, 6.45) is 10.8. The van der Waals surface area contributed by atoms with Crippen molar-refractivity contribution in [3.63, 3.8) is 0 Å². The van der Waals surface area contributed by atoms with E-state index >= 15 is 0 Å². The van der Waals surface area contributed by atoms with Crippen LogP contribution in [0.5, 0.6) is 0 Å². The van der Waals surface area contributed by atoms with Gasteiger partial charge in [0.25, 0.3) is 0 Å². The SMILES string of the molecule is NCc1ccc(NCC23CC4CC(CC(C4)C2)C3)nc1. The van der Waals surface area contributed by atoms with Crippen LogP contribution in [-0.2, 0) is 6.54 Å². The summed E-state index contributed by atoms with van der Waals surface area (Å²) in [6, 6.07) is 4.15. The number of pyridine rings is 1. The molecule has 20 heavy (non-hydrogen) atoms. The highest BCUT2D eigenvalue weighted by atomic mass is 15.0. The molecular weight excluding hydrogens is 246 g/mol. The summed E-state index contributed by atoms with van der Waals surface area (Å²) in [6.45, 7) is 1.69. The maximum atomic E-state index is 5.62. The Morgan fingerprint density at radius 2 is 1.75 bits per heavy atom. The van der Waals surface area contributed by atoms with E-state index in [4.69, 9.17) is 5.73 Å². The molecule has 3 N–H and O–H groups in total. The first-order valence-electron chi connectivity index (χ1n) is 8.13. The summed E-state index contributed by atoms with van der Waals surface area (Å²) in [4.78, 5) is 4.48. The molecule has 4 fully saturated rings. The van der Waals surface area contributed by atoms with Crippen LogP contribution in [0.2, 0.25) is 0 Å². The van der Waals surface area contributed by atoms with E-state index in [9.17, 15) is 0 Å². The van der Waals surface area contributed by atoms with Crippen LogP contribution in [0.1, 0.15) is 44.1 Å². The summed E-state index contributed by atoms with van der Waals surface area (Å²) < 4.78 is 0. The molecule has 1 heterocycles. The fourth-order valence-corrected chi connectivity index (χ4v) is 5.43. The number of anilines is 1. The molecule has 3 nitrogen and oxygen atoms in total. The lowest BCUT2D eigenvalue weighted by Crippen LogP contribution is -2.49. The van der Waals surface area contributed by atoms with Gasteiger partial charge in [-0.05, 0) is 73.3 Å². The Kier molecular flexibility index (Phi) is 2.99. The van der Waals surface area contributed by atoms with Gasteiger partial charge < -0.3 is 11.1 Å². The minimum Gasteiger partial charge on any atom is -0.370 e. The first-order valence-corrected chi connectivity index (χ1v) is 8.13. The van der Waals surface area contributed by atoms with Gasteiger partial charge in [0, 0.05) is 19.3 Å². The second-order valence-corrected chi connectivity index (χ2v) is 7.53. The lowest BCUT2D eigenvalue weighted by atomic mass is 9.49. The van der Waals surface area contributed by atoms with Crippen molar-refractivity contribution in [2.75, 3.05) is 11.9 Å². The fraction of sp³-hybridized carbons (Fsp3) is 0.706. The van der Waals surface area contributed by atoms with Crippen molar-refractivity contribution < 1.29 is 0 Å². The number of nitrogens with zero attached hydrogens (tertiary/aromatic N) is 1. The largest absolute Gasteiger partial charge is 0.370 e. The number of hydrogen-bond donors (Lipinski definition) is 2. The van der Waals surface area contributed by atoms with Crippen LogP contribution in [0.25, 0.3) is 0 Å². The van der Waals surface area contributed by atoms with Crippen molar-refractivity contribution in [3.05, 3.63) is 23.9 Å². The van der Waals surface area contributed by atoms with E-state index in [1.54, 1.807) is 0 Å². The zero-order valence-corrected chi connectivity index (χ0v) is 12.1. The van der Waals surface area contributed by atoms with Gasteiger partial charge in [0.2, 0.25) is 0 Å². The van der Waals surface area contributed by atoms with E-state index in [1.165, 1.54) is 38.5 Å². The average molecular weight is 271 g/mol. The highest BCUT2D eigenvalue weighted by Gasteiger charge is 2.50. The summed E-state index contributed by atoms with van der Waals surface area (Å²) in [5, 5.41) is 3.60. The Morgan fingerprint density at radius 3 is 2.25 bits per heavy atom. The highest BCUT2D eigenvalue weighted by molar-refractivity contribution is 5.36. The van der Waals surface area contributed by atoms with Gasteiger partial charge in [-0.1, -0.05) is 6.07 Å². The lowest BCUT2D eigenvalue weighted by molar-refractivity contribution is -0.0444. The zero-order valence-electron chi connectivity index (χ0n) is 12.1. The molecule has 0 aliphatic heterocycles. The summed E-state index contributed by atoms with van der Waals surface area (Å²) in [5.74, 6) is 4.08. The van der Waals surface area contributed by atoms with Crippen LogP contribution >= 0.6 is 0 Å². The number of hydrogen-bond acceptors (Lipinski definition) is 3. The minimum atomic E-state index is 0.572. The molecular formula is C17H25N3. The number of aromatic nitrogens is 1. The Morgan fingerprint density at radius 1 is 1.10 bits per heavy atom. The van der Waals surface area contributed by atoms with Gasteiger partial charge in [-0.3, -0.25) is 0 Å². The third-order valence-corrected chi connectivity index (χ3v) is 5.87. The van der Waals surface area contributed by atoms with Gasteiger partial charge >= 0.3 is 0 Å². The summed E-state index contributed by atoms with van der Waals surface area (Å²) in [7, 11) is 0. The first kappa shape index (κ1) is 12.6. The second-order valence-electron chi connectivity index (χ2n) is 7.53. The average Bonchev–Trinajstić information content (AvgIpc) is 2.44. The second kappa shape index (κ2) is 4.73. The molecule has 1 aromatic heterocycles. The Balaban J connectivity index is 1.43. The van der Waals surface area contributed by atoms with Crippen LogP contribution in [-0.4, -0.2) is 11.5 Å². The quantitative estimate of drug-likeness (QED) is 0.884. The van der Waals surface area contributed by atoms with Crippen molar-refractivity contribution in [1.29, 1.82) is 0 Å². The van der Waals surface area contributed by atoms with Gasteiger partial charge in [0.05, 0.1) is 0 Å². The number of nitrogens with one attached hydrogen (secondary N) is 1. The van der Waals surface area contributed by atoms with Gasteiger partial charge in [-0.25, -0.2) is 4.98 Å². The molecule has 0 unspecified atom stereocenters. The molecule has 0 atom stereocenters. The molecule has 0 spiro atoms. The maximum Gasteiger partial charge on any atom is 0.125 e. The molecule has 0 saturated heterocycles. The van der Waals surface area contributed by atoms with Gasteiger partial charge in [0.1, 0.15) is 5.82 Å². The first-order chi connectivity index (χ1) is 9.75. The Labute approximate surface area is 121 Å². The number of nitrogens with two attached hydrogens (primary N) is 1. The molecule has 5 rings (SSSR count). The molecule has 4 aliphatic rings. The zero-order chi connectivity index (χ0) is 13.6. The van der Waals surface area contributed by atoms with E-state index in [2.05, 4.69) is 22.4 Å². The van der Waals surface area contributed by atoms with E-state index in [1.807, 2.05) is 6.20 Å². The van der Waals surface area contributed by atoms with Crippen molar-refractivity contribution >= 4 is 5.82 Å². The van der Waals surface area contributed by atoms with E-state index in [-0.39, 0.29) is 0 Å². The van der Waals surface area contributed by atoms with E-state index in [0.29, 0.717) is 12.0 Å². The van der Waals surface area contributed by atoms with Crippen molar-refractivity contribution in [1.82, 2.24) is 4.98 Å². The highest BCUT2D eigenvalue weighted by Crippen LogP contribution is 2.59. The van der Waals surface area contributed by atoms with Crippen molar-refractivity contribution in [3.8, 4) is 0 Å². The molecule has 4 bridgehead atoms. The molecule has 3 heteroatoms. The monoisotopic (exact) mass is 271 g/mol. The van der Waals surface area contributed by atoms with Crippen molar-refractivity contribution in [2.24, 2.45) is 28.9 Å². The molecule has 0 radical (unpaired) electrons. The van der Waals surface area contributed by atoms with Crippen LogP contribution < -0.4 is 11.1 Å². The fourth-order valence-electron chi connectivity index (χ4n) is 5.43. The van der Waals surface area contributed by atoms with Gasteiger partial charge in [-0.2, -0.15) is 0 Å². The Bertz CT molecular complexity index is 444. The normalized spacial score (nSPS) is 38.1. The smallest absolute Gasteiger partial charge is 0.125 e. The Hall–Kier alpha value is -1.09. The van der Waals surface area contributed by atoms with Crippen LogP contribution in [0.4, 0.5) is 5.82 Å². The molecule has 108 valence electrons. The lowest BCUT2D eigenvalue weighted by Gasteiger charge is -2.57. The molecule has 0 aromatic carbocycles. The van der Waals surface area contributed by atoms with Crippen molar-refractivity contribution in [2.45, 2.75) is 45.1 Å². The summed E-state index contributed by atoms with van der Waals surface area (Å²) >= 11 is 0. The topological polar surface area (TPSA) is 50.9 Å². The van der Waals surface area contributed by atoms with E-state index < -0.39 is 0 Å². The molecule has 4 saturated carbocycles. The van der Waals surface area contributed by atoms with Crippen LogP contribution in [0, 0.1) is 23.2 Å². The van der Waals surface area contributed by atoms with Gasteiger partial charge in [0.15, 0.2) is 0 Å². The van der Waals surface area contributed by atoms with Crippen LogP contribution in [0.15, 0.2) is 18.3 Å².